The predicted molar refractivity (Wildman–Crippen MR) is 72.0 cm³/mol. The maximum atomic E-state index is 5.50. The molecular formula is C13H23N3O2. The van der Waals surface area contributed by atoms with Crippen molar-refractivity contribution >= 4 is 5.82 Å². The van der Waals surface area contributed by atoms with Crippen molar-refractivity contribution in [3.05, 3.63) is 12.4 Å². The Morgan fingerprint density at radius 1 is 1.28 bits per heavy atom. The molecule has 102 valence electrons. The van der Waals surface area contributed by atoms with Crippen molar-refractivity contribution in [1.29, 1.82) is 0 Å². The number of nitrogens with zero attached hydrogens (tertiary/aromatic N) is 2. The summed E-state index contributed by atoms with van der Waals surface area (Å²) in [5, 5.41) is 3.22. The van der Waals surface area contributed by atoms with Crippen LogP contribution in [0.25, 0.3) is 0 Å². The molecule has 0 fully saturated rings. The molecule has 0 bridgehead atoms. The summed E-state index contributed by atoms with van der Waals surface area (Å²) in [6, 6.07) is 1.81. The lowest BCUT2D eigenvalue weighted by Gasteiger charge is -2.10. The molecule has 0 aliphatic rings. The van der Waals surface area contributed by atoms with Crippen molar-refractivity contribution < 1.29 is 9.47 Å². The summed E-state index contributed by atoms with van der Waals surface area (Å²) in [5.41, 5.74) is 0. The Balaban J connectivity index is 2.25. The highest BCUT2D eigenvalue weighted by Gasteiger charge is 2.01. The highest BCUT2D eigenvalue weighted by atomic mass is 16.5. The first-order chi connectivity index (χ1) is 8.72. The van der Waals surface area contributed by atoms with Crippen LogP contribution in [0.4, 0.5) is 5.82 Å². The first kappa shape index (κ1) is 14.7. The standard InChI is InChI=1S/C13H23N3O2/c1-4-7-17-8-5-6-14-12-9-13(16-10-15-12)18-11(2)3/h9-11H,4-8H2,1-3H3,(H,14,15,16). The third kappa shape index (κ3) is 6.39. The Kier molecular flexibility index (Phi) is 7.10. The van der Waals surface area contributed by atoms with E-state index in [1.54, 1.807) is 0 Å². The summed E-state index contributed by atoms with van der Waals surface area (Å²) >= 11 is 0. The van der Waals surface area contributed by atoms with Crippen LogP contribution in [-0.2, 0) is 4.74 Å². The van der Waals surface area contributed by atoms with Crippen LogP contribution < -0.4 is 10.1 Å². The van der Waals surface area contributed by atoms with Crippen molar-refractivity contribution in [2.24, 2.45) is 0 Å². The molecule has 18 heavy (non-hydrogen) atoms. The molecule has 5 nitrogen and oxygen atoms in total. The van der Waals surface area contributed by atoms with Gasteiger partial charge in [0.15, 0.2) is 0 Å². The number of anilines is 1. The summed E-state index contributed by atoms with van der Waals surface area (Å²) in [5.74, 6) is 1.39. The molecule has 0 atom stereocenters. The van der Waals surface area contributed by atoms with E-state index in [2.05, 4.69) is 22.2 Å². The summed E-state index contributed by atoms with van der Waals surface area (Å²) < 4.78 is 10.9. The van der Waals surface area contributed by atoms with E-state index in [-0.39, 0.29) is 6.10 Å². The van der Waals surface area contributed by atoms with Crippen molar-refractivity contribution in [2.45, 2.75) is 39.7 Å². The average molecular weight is 253 g/mol. The Morgan fingerprint density at radius 3 is 2.83 bits per heavy atom. The van der Waals surface area contributed by atoms with Gasteiger partial charge in [-0.1, -0.05) is 6.92 Å². The average Bonchev–Trinajstić information content (AvgIpc) is 2.33. The maximum Gasteiger partial charge on any atom is 0.218 e. The van der Waals surface area contributed by atoms with Gasteiger partial charge in [-0.2, -0.15) is 0 Å². The lowest BCUT2D eigenvalue weighted by atomic mass is 10.4. The zero-order chi connectivity index (χ0) is 13.2. The molecule has 0 amide bonds. The summed E-state index contributed by atoms with van der Waals surface area (Å²) in [6.45, 7) is 8.50. The molecule has 5 heteroatoms. The normalized spacial score (nSPS) is 10.7. The van der Waals surface area contributed by atoms with E-state index in [9.17, 15) is 0 Å². The fourth-order valence-electron chi connectivity index (χ4n) is 1.38. The predicted octanol–water partition coefficient (Wildman–Crippen LogP) is 2.49. The zero-order valence-corrected chi connectivity index (χ0v) is 11.5. The van der Waals surface area contributed by atoms with Gasteiger partial charge < -0.3 is 14.8 Å². The quantitative estimate of drug-likeness (QED) is 0.685. The molecule has 0 saturated heterocycles. The highest BCUT2D eigenvalue weighted by Crippen LogP contribution is 2.12. The van der Waals surface area contributed by atoms with Gasteiger partial charge in [0, 0.05) is 25.8 Å². The van der Waals surface area contributed by atoms with Crippen LogP contribution in [-0.4, -0.2) is 35.8 Å². The molecule has 0 unspecified atom stereocenters. The van der Waals surface area contributed by atoms with Crippen LogP contribution in [0.2, 0.25) is 0 Å². The first-order valence-electron chi connectivity index (χ1n) is 6.52. The second-order valence-electron chi connectivity index (χ2n) is 4.30. The van der Waals surface area contributed by atoms with Crippen LogP contribution in [0.1, 0.15) is 33.6 Å². The van der Waals surface area contributed by atoms with Gasteiger partial charge in [-0.3, -0.25) is 0 Å². The van der Waals surface area contributed by atoms with E-state index < -0.39 is 0 Å². The fourth-order valence-corrected chi connectivity index (χ4v) is 1.38. The molecule has 1 aromatic rings. The number of rotatable bonds is 9. The molecule has 1 N–H and O–H groups in total. The monoisotopic (exact) mass is 253 g/mol. The number of hydrogen-bond donors (Lipinski definition) is 1. The van der Waals surface area contributed by atoms with Gasteiger partial charge in [-0.05, 0) is 26.7 Å². The van der Waals surface area contributed by atoms with E-state index in [1.807, 2.05) is 19.9 Å². The van der Waals surface area contributed by atoms with Gasteiger partial charge in [-0.15, -0.1) is 0 Å². The molecule has 0 spiro atoms. The molecule has 1 aromatic heterocycles. The summed E-state index contributed by atoms with van der Waals surface area (Å²) in [4.78, 5) is 8.19. The minimum absolute atomic E-state index is 0.121. The highest BCUT2D eigenvalue weighted by molar-refractivity contribution is 5.36. The van der Waals surface area contributed by atoms with Gasteiger partial charge in [0.2, 0.25) is 5.88 Å². The lowest BCUT2D eigenvalue weighted by molar-refractivity contribution is 0.134. The third-order valence-electron chi connectivity index (χ3n) is 2.12. The minimum Gasteiger partial charge on any atom is -0.475 e. The molecule has 0 aromatic carbocycles. The maximum absolute atomic E-state index is 5.50. The molecular weight excluding hydrogens is 230 g/mol. The number of nitrogens with one attached hydrogen (secondary N) is 1. The number of hydrogen-bond acceptors (Lipinski definition) is 5. The Morgan fingerprint density at radius 2 is 2.11 bits per heavy atom. The van der Waals surface area contributed by atoms with Gasteiger partial charge in [0.25, 0.3) is 0 Å². The zero-order valence-electron chi connectivity index (χ0n) is 11.5. The molecule has 0 saturated carbocycles. The van der Waals surface area contributed by atoms with E-state index in [1.165, 1.54) is 6.33 Å². The Labute approximate surface area is 109 Å². The van der Waals surface area contributed by atoms with Gasteiger partial charge in [0.05, 0.1) is 6.10 Å². The summed E-state index contributed by atoms with van der Waals surface area (Å²) in [7, 11) is 0. The summed E-state index contributed by atoms with van der Waals surface area (Å²) in [6.07, 6.45) is 3.66. The van der Waals surface area contributed by atoms with E-state index >= 15 is 0 Å². The van der Waals surface area contributed by atoms with E-state index in [0.29, 0.717) is 5.88 Å². The minimum atomic E-state index is 0.121. The largest absolute Gasteiger partial charge is 0.475 e. The number of aromatic nitrogens is 2. The van der Waals surface area contributed by atoms with Crippen LogP contribution >= 0.6 is 0 Å². The molecule has 0 aliphatic heterocycles. The SMILES string of the molecule is CCCOCCCNc1cc(OC(C)C)ncn1. The van der Waals surface area contributed by atoms with Crippen molar-refractivity contribution in [3.8, 4) is 5.88 Å². The van der Waals surface area contributed by atoms with Gasteiger partial charge >= 0.3 is 0 Å². The van der Waals surface area contributed by atoms with Crippen molar-refractivity contribution in [2.75, 3.05) is 25.1 Å². The van der Waals surface area contributed by atoms with Gasteiger partial charge in [-0.25, -0.2) is 9.97 Å². The van der Waals surface area contributed by atoms with E-state index in [0.717, 1.165) is 38.4 Å². The second-order valence-corrected chi connectivity index (χ2v) is 4.30. The first-order valence-corrected chi connectivity index (χ1v) is 6.52. The van der Waals surface area contributed by atoms with Crippen LogP contribution in [0.5, 0.6) is 5.88 Å². The second kappa shape index (κ2) is 8.69. The third-order valence-corrected chi connectivity index (χ3v) is 2.12. The Hall–Kier alpha value is -1.36. The topological polar surface area (TPSA) is 56.3 Å². The number of ether oxygens (including phenoxy) is 2. The molecule has 0 radical (unpaired) electrons. The molecule has 1 heterocycles. The lowest BCUT2D eigenvalue weighted by Crippen LogP contribution is -2.10. The smallest absolute Gasteiger partial charge is 0.218 e. The van der Waals surface area contributed by atoms with Crippen LogP contribution in [0.15, 0.2) is 12.4 Å². The van der Waals surface area contributed by atoms with Crippen LogP contribution in [0, 0.1) is 0 Å². The van der Waals surface area contributed by atoms with Gasteiger partial charge in [0.1, 0.15) is 12.1 Å². The van der Waals surface area contributed by atoms with Crippen molar-refractivity contribution in [1.82, 2.24) is 9.97 Å². The Bertz CT molecular complexity index is 332. The molecule has 1 rings (SSSR count). The van der Waals surface area contributed by atoms with Crippen LogP contribution in [0.3, 0.4) is 0 Å². The van der Waals surface area contributed by atoms with E-state index in [4.69, 9.17) is 9.47 Å². The fraction of sp³-hybridized carbons (Fsp3) is 0.692. The molecule has 0 aliphatic carbocycles. The van der Waals surface area contributed by atoms with Crippen molar-refractivity contribution in [3.63, 3.8) is 0 Å².